The van der Waals surface area contributed by atoms with Gasteiger partial charge in [0.25, 0.3) is 0 Å². The second-order valence-electron chi connectivity index (χ2n) is 4.59. The van der Waals surface area contributed by atoms with Crippen LogP contribution < -0.4 is 4.89 Å². The molecule has 0 aliphatic rings. The largest absolute Gasteiger partial charge is 0.478 e. The van der Waals surface area contributed by atoms with Crippen LogP contribution in [0.25, 0.3) is 0 Å². The third kappa shape index (κ3) is 5.30. The van der Waals surface area contributed by atoms with Gasteiger partial charge in [0.05, 0.1) is 6.61 Å². The van der Waals surface area contributed by atoms with E-state index in [4.69, 9.17) is 14.9 Å². The molecule has 0 radical (unpaired) electrons. The number of hydrogen-bond donors (Lipinski definition) is 1. The molecule has 4 heteroatoms. The van der Waals surface area contributed by atoms with Gasteiger partial charge in [-0.2, -0.15) is 4.89 Å². The summed E-state index contributed by atoms with van der Waals surface area (Å²) in [7, 11) is 0. The number of unbranched alkanes of at least 4 members (excludes halogenated alkanes) is 1. The van der Waals surface area contributed by atoms with E-state index >= 15 is 0 Å². The zero-order valence-corrected chi connectivity index (χ0v) is 11.6. The Morgan fingerprint density at radius 3 is 2.68 bits per heavy atom. The molecule has 1 aromatic rings. The minimum absolute atomic E-state index is 0.115. The number of carbonyl (C=O) groups is 1. The number of aromatic carboxylic acids is 1. The van der Waals surface area contributed by atoms with E-state index in [0.29, 0.717) is 12.5 Å². The molecule has 0 fully saturated rings. The zero-order chi connectivity index (χ0) is 14.1. The molecule has 1 aromatic carbocycles. The van der Waals surface area contributed by atoms with Gasteiger partial charge in [0, 0.05) is 0 Å². The van der Waals surface area contributed by atoms with Crippen molar-refractivity contribution in [2.75, 3.05) is 6.61 Å². The van der Waals surface area contributed by atoms with Crippen molar-refractivity contribution >= 4 is 5.97 Å². The lowest BCUT2D eigenvalue weighted by molar-refractivity contribution is -0.217. The van der Waals surface area contributed by atoms with Gasteiger partial charge in [-0.05, 0) is 24.5 Å². The van der Waals surface area contributed by atoms with E-state index in [1.807, 2.05) is 0 Å². The van der Waals surface area contributed by atoms with Gasteiger partial charge in [-0.1, -0.05) is 45.2 Å². The predicted octanol–water partition coefficient (Wildman–Crippen LogP) is 3.91. The highest BCUT2D eigenvalue weighted by atomic mass is 17.2. The monoisotopic (exact) mass is 266 g/mol. The smallest absolute Gasteiger partial charge is 0.339 e. The molecule has 19 heavy (non-hydrogen) atoms. The SMILES string of the molecule is CCCCC(CC)COOc1ccccc1C(=O)O. The second kappa shape index (κ2) is 8.53. The van der Waals surface area contributed by atoms with Gasteiger partial charge < -0.3 is 9.99 Å². The maximum Gasteiger partial charge on any atom is 0.339 e. The molecular formula is C15H22O4. The van der Waals surface area contributed by atoms with Crippen molar-refractivity contribution < 1.29 is 19.7 Å². The predicted molar refractivity (Wildman–Crippen MR) is 73.3 cm³/mol. The Bertz CT molecular complexity index is 389. The van der Waals surface area contributed by atoms with Crippen molar-refractivity contribution in [2.45, 2.75) is 39.5 Å². The van der Waals surface area contributed by atoms with E-state index in [1.54, 1.807) is 18.2 Å². The van der Waals surface area contributed by atoms with Crippen LogP contribution in [0.2, 0.25) is 0 Å². The van der Waals surface area contributed by atoms with E-state index in [0.717, 1.165) is 12.8 Å². The van der Waals surface area contributed by atoms with Gasteiger partial charge in [0.15, 0.2) is 5.75 Å². The number of hydrogen-bond acceptors (Lipinski definition) is 3. The first-order valence-corrected chi connectivity index (χ1v) is 6.80. The summed E-state index contributed by atoms with van der Waals surface area (Å²) in [5.74, 6) is -0.311. The van der Waals surface area contributed by atoms with E-state index in [2.05, 4.69) is 13.8 Å². The summed E-state index contributed by atoms with van der Waals surface area (Å²) < 4.78 is 0. The highest BCUT2D eigenvalue weighted by Crippen LogP contribution is 2.19. The summed E-state index contributed by atoms with van der Waals surface area (Å²) in [5.41, 5.74) is 0.115. The van der Waals surface area contributed by atoms with Crippen molar-refractivity contribution in [1.29, 1.82) is 0 Å². The number of rotatable bonds is 9. The molecular weight excluding hydrogens is 244 g/mol. The maximum atomic E-state index is 11.0. The number of carboxylic acid groups (broad SMARTS) is 1. The van der Waals surface area contributed by atoms with Crippen molar-refractivity contribution in [2.24, 2.45) is 5.92 Å². The quantitative estimate of drug-likeness (QED) is 0.544. The van der Waals surface area contributed by atoms with Gasteiger partial charge >= 0.3 is 5.97 Å². The van der Waals surface area contributed by atoms with Crippen molar-refractivity contribution in [3.8, 4) is 5.75 Å². The third-order valence-corrected chi connectivity index (χ3v) is 3.11. The minimum Gasteiger partial charge on any atom is -0.478 e. The lowest BCUT2D eigenvalue weighted by atomic mass is 10.0. The van der Waals surface area contributed by atoms with Gasteiger partial charge in [-0.25, -0.2) is 4.79 Å². The third-order valence-electron chi connectivity index (χ3n) is 3.11. The molecule has 0 amide bonds. The molecule has 1 atom stereocenters. The van der Waals surface area contributed by atoms with Gasteiger partial charge in [-0.3, -0.25) is 0 Å². The standard InChI is InChI=1S/C15H22O4/c1-3-5-8-12(4-2)11-18-19-14-10-7-6-9-13(14)15(16)17/h6-7,9-10,12H,3-5,8,11H2,1-2H3,(H,16,17). The van der Waals surface area contributed by atoms with Crippen LogP contribution in [0.4, 0.5) is 0 Å². The zero-order valence-electron chi connectivity index (χ0n) is 11.6. The Balaban J connectivity index is 2.46. The molecule has 106 valence electrons. The number of para-hydroxylation sites is 1. The Hall–Kier alpha value is -1.55. The average molecular weight is 266 g/mol. The van der Waals surface area contributed by atoms with E-state index in [-0.39, 0.29) is 11.3 Å². The molecule has 1 unspecified atom stereocenters. The Morgan fingerprint density at radius 1 is 1.32 bits per heavy atom. The maximum absolute atomic E-state index is 11.0. The van der Waals surface area contributed by atoms with E-state index in [9.17, 15) is 4.79 Å². The van der Waals surface area contributed by atoms with Gasteiger partial charge in [-0.15, -0.1) is 0 Å². The van der Waals surface area contributed by atoms with Gasteiger partial charge in [0.1, 0.15) is 5.56 Å². The van der Waals surface area contributed by atoms with Crippen molar-refractivity contribution in [3.63, 3.8) is 0 Å². The lowest BCUT2D eigenvalue weighted by Crippen LogP contribution is -2.12. The number of carboxylic acids is 1. The topological polar surface area (TPSA) is 55.8 Å². The molecule has 0 heterocycles. The van der Waals surface area contributed by atoms with Crippen LogP contribution in [0.15, 0.2) is 24.3 Å². The Labute approximate surface area is 114 Å². The van der Waals surface area contributed by atoms with Crippen LogP contribution >= 0.6 is 0 Å². The summed E-state index contributed by atoms with van der Waals surface area (Å²) in [6.45, 7) is 4.77. The molecule has 1 N–H and O–H groups in total. The molecule has 1 rings (SSSR count). The van der Waals surface area contributed by atoms with Crippen LogP contribution in [-0.4, -0.2) is 17.7 Å². The van der Waals surface area contributed by atoms with Crippen LogP contribution in [0.3, 0.4) is 0 Å². The Kier molecular flexibility index (Phi) is 6.97. The fourth-order valence-corrected chi connectivity index (χ4v) is 1.81. The summed E-state index contributed by atoms with van der Waals surface area (Å²) >= 11 is 0. The molecule has 4 nitrogen and oxygen atoms in total. The average Bonchev–Trinajstić information content (AvgIpc) is 2.43. The summed E-state index contributed by atoms with van der Waals surface area (Å²) in [5, 5.41) is 9.00. The van der Waals surface area contributed by atoms with Crippen LogP contribution in [-0.2, 0) is 4.89 Å². The summed E-state index contributed by atoms with van der Waals surface area (Å²) in [6.07, 6.45) is 4.48. The first-order valence-electron chi connectivity index (χ1n) is 6.80. The van der Waals surface area contributed by atoms with Crippen molar-refractivity contribution in [3.05, 3.63) is 29.8 Å². The molecule has 0 aliphatic carbocycles. The highest BCUT2D eigenvalue weighted by molar-refractivity contribution is 5.90. The summed E-state index contributed by atoms with van der Waals surface area (Å²) in [4.78, 5) is 21.3. The lowest BCUT2D eigenvalue weighted by Gasteiger charge is -2.14. The Morgan fingerprint density at radius 2 is 2.05 bits per heavy atom. The fraction of sp³-hybridized carbons (Fsp3) is 0.533. The molecule has 0 aliphatic heterocycles. The second-order valence-corrected chi connectivity index (χ2v) is 4.59. The van der Waals surface area contributed by atoms with E-state index < -0.39 is 5.97 Å². The van der Waals surface area contributed by atoms with Gasteiger partial charge in [0.2, 0.25) is 0 Å². The fourth-order valence-electron chi connectivity index (χ4n) is 1.81. The van der Waals surface area contributed by atoms with Crippen LogP contribution in [0.5, 0.6) is 5.75 Å². The number of benzene rings is 1. The highest BCUT2D eigenvalue weighted by Gasteiger charge is 2.12. The first-order chi connectivity index (χ1) is 9.19. The molecule has 0 saturated carbocycles. The molecule has 0 bridgehead atoms. The van der Waals surface area contributed by atoms with Crippen LogP contribution in [0.1, 0.15) is 49.9 Å². The molecule has 0 spiro atoms. The normalized spacial score (nSPS) is 12.1. The molecule has 0 saturated heterocycles. The van der Waals surface area contributed by atoms with E-state index in [1.165, 1.54) is 18.9 Å². The first kappa shape index (κ1) is 15.5. The van der Waals surface area contributed by atoms with Crippen LogP contribution in [0, 0.1) is 5.92 Å². The minimum atomic E-state index is -1.02. The molecule has 0 aromatic heterocycles. The summed E-state index contributed by atoms with van der Waals surface area (Å²) in [6, 6.07) is 6.47. The van der Waals surface area contributed by atoms with Crippen molar-refractivity contribution in [1.82, 2.24) is 0 Å².